The van der Waals surface area contributed by atoms with E-state index in [4.69, 9.17) is 0 Å². The van der Waals surface area contributed by atoms with E-state index in [9.17, 15) is 19.5 Å². The first-order chi connectivity index (χ1) is 17.6. The summed E-state index contributed by atoms with van der Waals surface area (Å²) >= 11 is 0. The number of hydrogen-bond acceptors (Lipinski definition) is 4. The van der Waals surface area contributed by atoms with Crippen LogP contribution in [0.1, 0.15) is 79.8 Å². The van der Waals surface area contributed by atoms with Crippen molar-refractivity contribution in [2.75, 3.05) is 0 Å². The Bertz CT molecular complexity index is 1340. The molecule has 37 heavy (non-hydrogen) atoms. The van der Waals surface area contributed by atoms with Crippen molar-refractivity contribution in [3.05, 3.63) is 87.6 Å². The third-order valence-corrected chi connectivity index (χ3v) is 6.97. The molecule has 1 aliphatic carbocycles. The SMILES string of the molecule is Cc1cccc(C)c1-c1cncc([C@H](CC(=O)O)NC(=O)[C@H](CC(C)C)n2cc(C3CC3)ccc2=O)c1. The molecule has 1 amide bonds. The Morgan fingerprint density at radius 3 is 2.43 bits per heavy atom. The second-order valence-corrected chi connectivity index (χ2v) is 10.6. The Labute approximate surface area is 217 Å². The molecule has 0 unspecified atom stereocenters. The van der Waals surface area contributed by atoms with E-state index in [0.29, 0.717) is 17.9 Å². The molecular formula is C30H35N3O4. The van der Waals surface area contributed by atoms with Crippen molar-refractivity contribution < 1.29 is 14.7 Å². The Morgan fingerprint density at radius 2 is 1.81 bits per heavy atom. The molecule has 0 saturated heterocycles. The smallest absolute Gasteiger partial charge is 0.305 e. The van der Waals surface area contributed by atoms with Gasteiger partial charge in [-0.3, -0.25) is 19.4 Å². The van der Waals surface area contributed by atoms with E-state index < -0.39 is 18.1 Å². The minimum absolute atomic E-state index is 0.152. The molecule has 1 saturated carbocycles. The quantitative estimate of drug-likeness (QED) is 0.391. The number of carboxylic acid groups (broad SMARTS) is 1. The van der Waals surface area contributed by atoms with Crippen molar-refractivity contribution in [1.29, 1.82) is 0 Å². The number of aliphatic carboxylic acids is 1. The fraction of sp³-hybridized carbons (Fsp3) is 0.400. The molecule has 7 nitrogen and oxygen atoms in total. The number of rotatable bonds is 10. The van der Waals surface area contributed by atoms with Crippen LogP contribution in [0.2, 0.25) is 0 Å². The second-order valence-electron chi connectivity index (χ2n) is 10.6. The standard InChI is InChI=1S/C30H35N3O4/c1-18(2)12-26(33-17-22(21-8-9-21)10-11-27(33)34)30(37)32-25(14-28(35)36)23-13-24(16-31-15-23)29-19(3)6-5-7-20(29)4/h5-7,10-11,13,15-18,21,25-26H,8-9,12,14H2,1-4H3,(H,32,37)(H,35,36)/t25-,26-/m0/s1. The van der Waals surface area contributed by atoms with Gasteiger partial charge in [0.2, 0.25) is 5.91 Å². The van der Waals surface area contributed by atoms with E-state index in [0.717, 1.165) is 40.7 Å². The highest BCUT2D eigenvalue weighted by atomic mass is 16.4. The van der Waals surface area contributed by atoms with Gasteiger partial charge in [0.25, 0.3) is 5.56 Å². The van der Waals surface area contributed by atoms with Gasteiger partial charge in [0.1, 0.15) is 6.04 Å². The average Bonchev–Trinajstić information content (AvgIpc) is 3.68. The maximum atomic E-state index is 13.7. The number of aryl methyl sites for hydroxylation is 2. The van der Waals surface area contributed by atoms with Gasteiger partial charge in [-0.05, 0) is 78.8 Å². The van der Waals surface area contributed by atoms with E-state index >= 15 is 0 Å². The number of carboxylic acids is 1. The largest absolute Gasteiger partial charge is 0.481 e. The molecule has 2 heterocycles. The van der Waals surface area contributed by atoms with Gasteiger partial charge in [-0.1, -0.05) is 38.1 Å². The van der Waals surface area contributed by atoms with Crippen LogP contribution in [0.4, 0.5) is 0 Å². The van der Waals surface area contributed by atoms with Gasteiger partial charge in [0.15, 0.2) is 0 Å². The maximum absolute atomic E-state index is 13.7. The lowest BCUT2D eigenvalue weighted by Gasteiger charge is -2.25. The summed E-state index contributed by atoms with van der Waals surface area (Å²) in [6.07, 6.45) is 7.50. The molecule has 1 aromatic carbocycles. The number of hydrogen-bond donors (Lipinski definition) is 2. The first-order valence-electron chi connectivity index (χ1n) is 12.9. The highest BCUT2D eigenvalue weighted by Gasteiger charge is 2.29. The van der Waals surface area contributed by atoms with Crippen molar-refractivity contribution in [1.82, 2.24) is 14.9 Å². The molecule has 7 heteroatoms. The van der Waals surface area contributed by atoms with Gasteiger partial charge < -0.3 is 15.0 Å². The third kappa shape index (κ3) is 6.34. The summed E-state index contributed by atoms with van der Waals surface area (Å²) in [5.74, 6) is -0.809. The number of carbonyl (C=O) groups is 2. The summed E-state index contributed by atoms with van der Waals surface area (Å²) in [5, 5.41) is 12.6. The number of amides is 1. The number of aromatic nitrogens is 2. The van der Waals surface area contributed by atoms with Gasteiger partial charge in [-0.25, -0.2) is 0 Å². The summed E-state index contributed by atoms with van der Waals surface area (Å²) in [6.45, 7) is 8.05. The lowest BCUT2D eigenvalue weighted by Crippen LogP contribution is -2.40. The first kappa shape index (κ1) is 26.3. The normalized spacial score (nSPS) is 14.8. The van der Waals surface area contributed by atoms with Crippen molar-refractivity contribution >= 4 is 11.9 Å². The van der Waals surface area contributed by atoms with Gasteiger partial charge in [-0.15, -0.1) is 0 Å². The topological polar surface area (TPSA) is 101 Å². The van der Waals surface area contributed by atoms with E-state index in [2.05, 4.69) is 10.3 Å². The van der Waals surface area contributed by atoms with Crippen LogP contribution in [0.5, 0.6) is 0 Å². The van der Waals surface area contributed by atoms with E-state index in [1.165, 1.54) is 10.6 Å². The number of pyridine rings is 2. The fourth-order valence-corrected chi connectivity index (χ4v) is 4.97. The lowest BCUT2D eigenvalue weighted by atomic mass is 9.94. The molecule has 1 fully saturated rings. The zero-order valence-corrected chi connectivity index (χ0v) is 21.9. The van der Waals surface area contributed by atoms with Crippen molar-refractivity contribution in [2.24, 2.45) is 5.92 Å². The molecular weight excluding hydrogens is 466 g/mol. The summed E-state index contributed by atoms with van der Waals surface area (Å²) in [7, 11) is 0. The minimum Gasteiger partial charge on any atom is -0.481 e. The molecule has 0 spiro atoms. The highest BCUT2D eigenvalue weighted by molar-refractivity contribution is 5.82. The minimum atomic E-state index is -1.03. The van der Waals surface area contributed by atoms with E-state index in [1.54, 1.807) is 12.4 Å². The molecule has 2 N–H and O–H groups in total. The lowest BCUT2D eigenvalue weighted by molar-refractivity contribution is -0.138. The molecule has 0 bridgehead atoms. The Hall–Kier alpha value is -3.74. The molecule has 4 rings (SSSR count). The fourth-order valence-electron chi connectivity index (χ4n) is 4.97. The van der Waals surface area contributed by atoms with Gasteiger partial charge in [0, 0.05) is 30.2 Å². The first-order valence-corrected chi connectivity index (χ1v) is 12.9. The predicted molar refractivity (Wildman–Crippen MR) is 143 cm³/mol. The van der Waals surface area contributed by atoms with Gasteiger partial charge in [0.05, 0.1) is 12.5 Å². The van der Waals surface area contributed by atoms with Crippen LogP contribution < -0.4 is 10.9 Å². The second kappa shape index (κ2) is 11.1. The summed E-state index contributed by atoms with van der Waals surface area (Å²) in [6, 6.07) is 9.78. The maximum Gasteiger partial charge on any atom is 0.305 e. The number of benzene rings is 1. The monoisotopic (exact) mass is 501 g/mol. The van der Waals surface area contributed by atoms with Crippen molar-refractivity contribution in [2.45, 2.75) is 71.4 Å². The van der Waals surface area contributed by atoms with E-state index in [-0.39, 0.29) is 23.8 Å². The molecule has 0 radical (unpaired) electrons. The number of nitrogens with one attached hydrogen (secondary N) is 1. The van der Waals surface area contributed by atoms with Crippen molar-refractivity contribution in [3.63, 3.8) is 0 Å². The molecule has 3 aromatic rings. The molecule has 2 aromatic heterocycles. The predicted octanol–water partition coefficient (Wildman–Crippen LogP) is 5.32. The van der Waals surface area contributed by atoms with Crippen LogP contribution in [-0.2, 0) is 9.59 Å². The molecule has 2 atom stereocenters. The third-order valence-electron chi connectivity index (χ3n) is 6.97. The van der Waals surface area contributed by atoms with E-state index in [1.807, 2.05) is 64.2 Å². The summed E-state index contributed by atoms with van der Waals surface area (Å²) in [4.78, 5) is 42.7. The highest BCUT2D eigenvalue weighted by Crippen LogP contribution is 2.39. The summed E-state index contributed by atoms with van der Waals surface area (Å²) in [5.41, 5.74) is 5.52. The zero-order chi connectivity index (χ0) is 26.7. The van der Waals surface area contributed by atoms with Crippen LogP contribution in [0.25, 0.3) is 11.1 Å². The van der Waals surface area contributed by atoms with Gasteiger partial charge >= 0.3 is 5.97 Å². The van der Waals surface area contributed by atoms with Crippen LogP contribution in [-0.4, -0.2) is 26.5 Å². The average molecular weight is 502 g/mol. The van der Waals surface area contributed by atoms with Crippen LogP contribution in [0, 0.1) is 19.8 Å². The van der Waals surface area contributed by atoms with Gasteiger partial charge in [-0.2, -0.15) is 0 Å². The molecule has 0 aliphatic heterocycles. The molecule has 1 aliphatic rings. The van der Waals surface area contributed by atoms with Crippen LogP contribution in [0.15, 0.2) is 59.8 Å². The Kier molecular flexibility index (Phi) is 7.91. The van der Waals surface area contributed by atoms with Crippen molar-refractivity contribution in [3.8, 4) is 11.1 Å². The number of nitrogens with zero attached hydrogens (tertiary/aromatic N) is 2. The Morgan fingerprint density at radius 1 is 1.11 bits per heavy atom. The Balaban J connectivity index is 1.68. The zero-order valence-electron chi connectivity index (χ0n) is 21.9. The summed E-state index contributed by atoms with van der Waals surface area (Å²) < 4.78 is 1.52. The number of carbonyl (C=O) groups excluding carboxylic acids is 1. The van der Waals surface area contributed by atoms with Crippen LogP contribution >= 0.6 is 0 Å². The van der Waals surface area contributed by atoms with Crippen LogP contribution in [0.3, 0.4) is 0 Å². The molecule has 194 valence electrons.